The number of hydrogen-bond acceptors (Lipinski definition) is 2. The third-order valence-electron chi connectivity index (χ3n) is 1.90. The summed E-state index contributed by atoms with van der Waals surface area (Å²) in [6.07, 6.45) is -3.98. The normalized spacial score (nSPS) is 10.8. The third kappa shape index (κ3) is 7.22. The highest BCUT2D eigenvalue weighted by molar-refractivity contribution is 6.18. The SMILES string of the molecule is Fc1cc(C#CCCCl)cc(OCOCC(F)(F)F)c1. The summed E-state index contributed by atoms with van der Waals surface area (Å²) in [5.41, 5.74) is 0.348. The molecule has 0 radical (unpaired) electrons. The van der Waals surface area contributed by atoms with E-state index in [0.29, 0.717) is 17.9 Å². The van der Waals surface area contributed by atoms with E-state index in [9.17, 15) is 17.6 Å². The molecule has 0 saturated carbocycles. The highest BCUT2D eigenvalue weighted by Gasteiger charge is 2.27. The lowest BCUT2D eigenvalue weighted by atomic mass is 10.2. The first kappa shape index (κ1) is 16.6. The van der Waals surface area contributed by atoms with Crippen LogP contribution in [0.4, 0.5) is 17.6 Å². The second-order valence-corrected chi connectivity index (χ2v) is 4.02. The van der Waals surface area contributed by atoms with Gasteiger partial charge in [0.05, 0.1) is 0 Å². The van der Waals surface area contributed by atoms with E-state index in [1.54, 1.807) is 0 Å². The zero-order valence-electron chi connectivity index (χ0n) is 10.3. The smallest absolute Gasteiger partial charge is 0.411 e. The number of alkyl halides is 4. The molecule has 0 spiro atoms. The molecule has 0 aromatic heterocycles. The maximum Gasteiger partial charge on any atom is 0.411 e. The van der Waals surface area contributed by atoms with Gasteiger partial charge in [-0.1, -0.05) is 11.8 Å². The van der Waals surface area contributed by atoms with E-state index in [2.05, 4.69) is 16.6 Å². The van der Waals surface area contributed by atoms with Crippen LogP contribution in [0, 0.1) is 17.7 Å². The molecule has 0 saturated heterocycles. The van der Waals surface area contributed by atoms with E-state index < -0.39 is 25.4 Å². The number of rotatable bonds is 5. The minimum Gasteiger partial charge on any atom is -0.467 e. The van der Waals surface area contributed by atoms with E-state index >= 15 is 0 Å². The van der Waals surface area contributed by atoms with Gasteiger partial charge in [0, 0.05) is 23.9 Å². The molecule has 0 atom stereocenters. The zero-order valence-corrected chi connectivity index (χ0v) is 11.0. The molecule has 0 aliphatic rings. The second-order valence-electron chi connectivity index (χ2n) is 3.64. The van der Waals surface area contributed by atoms with Crippen LogP contribution in [-0.2, 0) is 4.74 Å². The molecule has 1 aromatic rings. The Hall–Kier alpha value is -1.45. The van der Waals surface area contributed by atoms with Crippen LogP contribution in [0.2, 0.25) is 0 Å². The highest BCUT2D eigenvalue weighted by atomic mass is 35.5. The first-order chi connectivity index (χ1) is 9.40. The lowest BCUT2D eigenvalue weighted by Crippen LogP contribution is -2.19. The third-order valence-corrected chi connectivity index (χ3v) is 2.09. The second kappa shape index (κ2) is 7.98. The van der Waals surface area contributed by atoms with Gasteiger partial charge in [0.25, 0.3) is 0 Å². The molecular weight excluding hydrogens is 300 g/mol. The average molecular weight is 311 g/mol. The van der Waals surface area contributed by atoms with Gasteiger partial charge < -0.3 is 9.47 Å². The van der Waals surface area contributed by atoms with Crippen LogP contribution in [0.1, 0.15) is 12.0 Å². The van der Waals surface area contributed by atoms with Crippen LogP contribution < -0.4 is 4.74 Å². The van der Waals surface area contributed by atoms with Crippen molar-refractivity contribution in [3.05, 3.63) is 29.6 Å². The van der Waals surface area contributed by atoms with Crippen molar-refractivity contribution < 1.29 is 27.0 Å². The maximum atomic E-state index is 13.2. The monoisotopic (exact) mass is 310 g/mol. The highest BCUT2D eigenvalue weighted by Crippen LogP contribution is 2.17. The van der Waals surface area contributed by atoms with E-state index in [1.807, 2.05) is 0 Å². The molecule has 0 unspecified atom stereocenters. The van der Waals surface area contributed by atoms with Gasteiger partial charge in [0.15, 0.2) is 6.79 Å². The van der Waals surface area contributed by atoms with Crippen LogP contribution in [0.25, 0.3) is 0 Å². The Bertz CT molecular complexity index is 491. The minimum atomic E-state index is -4.43. The average Bonchev–Trinajstić information content (AvgIpc) is 2.33. The summed E-state index contributed by atoms with van der Waals surface area (Å²) in [4.78, 5) is 0. The van der Waals surface area contributed by atoms with Crippen LogP contribution in [0.3, 0.4) is 0 Å². The Kier molecular flexibility index (Phi) is 6.62. The van der Waals surface area contributed by atoms with Crippen molar-refractivity contribution in [2.45, 2.75) is 12.6 Å². The van der Waals surface area contributed by atoms with E-state index in [4.69, 9.17) is 16.3 Å². The maximum absolute atomic E-state index is 13.2. The molecule has 7 heteroatoms. The van der Waals surface area contributed by atoms with Crippen LogP contribution in [0.5, 0.6) is 5.75 Å². The summed E-state index contributed by atoms with van der Waals surface area (Å²) in [5, 5.41) is 0. The van der Waals surface area contributed by atoms with Gasteiger partial charge in [0.2, 0.25) is 0 Å². The molecule has 0 aliphatic carbocycles. The van der Waals surface area contributed by atoms with Gasteiger partial charge in [-0.25, -0.2) is 4.39 Å². The fraction of sp³-hybridized carbons (Fsp3) is 0.385. The Morgan fingerprint density at radius 2 is 1.95 bits per heavy atom. The molecule has 20 heavy (non-hydrogen) atoms. The Morgan fingerprint density at radius 1 is 1.20 bits per heavy atom. The fourth-order valence-corrected chi connectivity index (χ4v) is 1.29. The van der Waals surface area contributed by atoms with Crippen molar-refractivity contribution in [3.8, 4) is 17.6 Å². The van der Waals surface area contributed by atoms with Crippen molar-refractivity contribution in [1.82, 2.24) is 0 Å². The molecule has 1 rings (SSSR count). The Balaban J connectivity index is 2.56. The predicted octanol–water partition coefficient (Wildman–Crippen LogP) is 3.72. The van der Waals surface area contributed by atoms with Crippen molar-refractivity contribution in [1.29, 1.82) is 0 Å². The van der Waals surface area contributed by atoms with Gasteiger partial charge >= 0.3 is 6.18 Å². The van der Waals surface area contributed by atoms with Gasteiger partial charge in [0.1, 0.15) is 18.2 Å². The van der Waals surface area contributed by atoms with Crippen LogP contribution >= 0.6 is 11.6 Å². The number of benzene rings is 1. The minimum absolute atomic E-state index is 0.0438. The molecule has 0 amide bonds. The fourth-order valence-electron chi connectivity index (χ4n) is 1.20. The molecular formula is C13H11ClF4O2. The van der Waals surface area contributed by atoms with Gasteiger partial charge in [-0.2, -0.15) is 13.2 Å². The summed E-state index contributed by atoms with van der Waals surface area (Å²) in [6, 6.07) is 3.62. The van der Waals surface area contributed by atoms with E-state index in [1.165, 1.54) is 12.1 Å². The molecule has 0 heterocycles. The van der Waals surface area contributed by atoms with Crippen LogP contribution in [0.15, 0.2) is 18.2 Å². The first-order valence-corrected chi connectivity index (χ1v) is 6.07. The van der Waals surface area contributed by atoms with E-state index in [-0.39, 0.29) is 5.75 Å². The number of ether oxygens (including phenoxy) is 2. The lowest BCUT2D eigenvalue weighted by molar-refractivity contribution is -0.186. The summed E-state index contributed by atoms with van der Waals surface area (Å²) < 4.78 is 57.8. The Labute approximate surface area is 118 Å². The molecule has 0 bridgehead atoms. The van der Waals surface area contributed by atoms with Gasteiger partial charge in [-0.15, -0.1) is 11.6 Å². The standard InChI is InChI=1S/C13H11ClF4O2/c14-4-2-1-3-10-5-11(15)7-12(6-10)20-9-19-8-13(16,17)18/h5-7H,2,4,8-9H2. The van der Waals surface area contributed by atoms with Crippen LogP contribution in [-0.4, -0.2) is 25.5 Å². The zero-order chi connectivity index (χ0) is 15.0. The van der Waals surface area contributed by atoms with Crippen molar-refractivity contribution >= 4 is 11.6 Å². The summed E-state index contributed by atoms with van der Waals surface area (Å²) in [7, 11) is 0. The van der Waals surface area contributed by atoms with Gasteiger partial charge in [-0.05, 0) is 12.1 Å². The van der Waals surface area contributed by atoms with Crippen molar-refractivity contribution in [3.63, 3.8) is 0 Å². The predicted molar refractivity (Wildman–Crippen MR) is 66.1 cm³/mol. The number of hydrogen-bond donors (Lipinski definition) is 0. The summed E-state index contributed by atoms with van der Waals surface area (Å²) in [5.74, 6) is 5.17. The van der Waals surface area contributed by atoms with Crippen molar-refractivity contribution in [2.75, 3.05) is 19.3 Å². The molecule has 110 valence electrons. The summed E-state index contributed by atoms with van der Waals surface area (Å²) >= 11 is 5.44. The lowest BCUT2D eigenvalue weighted by Gasteiger charge is -2.09. The van der Waals surface area contributed by atoms with Gasteiger partial charge in [-0.3, -0.25) is 0 Å². The molecule has 1 aromatic carbocycles. The first-order valence-electron chi connectivity index (χ1n) is 5.53. The quantitative estimate of drug-likeness (QED) is 0.271. The van der Waals surface area contributed by atoms with Crippen molar-refractivity contribution in [2.24, 2.45) is 0 Å². The number of halogens is 5. The Morgan fingerprint density at radius 3 is 2.60 bits per heavy atom. The summed E-state index contributed by atoms with van der Waals surface area (Å²) in [6.45, 7) is -2.05. The van der Waals surface area contributed by atoms with E-state index in [0.717, 1.165) is 6.07 Å². The largest absolute Gasteiger partial charge is 0.467 e. The molecule has 0 aliphatic heterocycles. The topological polar surface area (TPSA) is 18.5 Å². The molecule has 0 N–H and O–H groups in total. The molecule has 0 fully saturated rings. The molecule has 2 nitrogen and oxygen atoms in total.